The molecule has 2 rings (SSSR count). The summed E-state index contributed by atoms with van der Waals surface area (Å²) in [6.45, 7) is 8.19. The Morgan fingerprint density at radius 1 is 1.33 bits per heavy atom. The van der Waals surface area contributed by atoms with Crippen LogP contribution < -0.4 is 10.1 Å². The molecular formula is C17H27N3O. The molecule has 1 aliphatic rings. The number of ether oxygens (including phenoxy) is 1. The van der Waals surface area contributed by atoms with Crippen molar-refractivity contribution in [1.29, 1.82) is 0 Å². The Kier molecular flexibility index (Phi) is 5.90. The average molecular weight is 289 g/mol. The van der Waals surface area contributed by atoms with E-state index in [1.807, 2.05) is 6.07 Å². The Bertz CT molecular complexity index is 479. The predicted molar refractivity (Wildman–Crippen MR) is 88.2 cm³/mol. The zero-order valence-corrected chi connectivity index (χ0v) is 13.5. The third-order valence-electron chi connectivity index (χ3n) is 3.82. The average Bonchev–Trinajstić information content (AvgIpc) is 3.01. The molecule has 21 heavy (non-hydrogen) atoms. The first-order chi connectivity index (χ1) is 10.2. The molecule has 0 bridgehead atoms. The van der Waals surface area contributed by atoms with Crippen LogP contribution in [0.15, 0.2) is 23.2 Å². The molecule has 116 valence electrons. The maximum absolute atomic E-state index is 5.43. The maximum atomic E-state index is 5.43. The van der Waals surface area contributed by atoms with E-state index in [4.69, 9.17) is 9.73 Å². The largest absolute Gasteiger partial charge is 0.496 e. The number of benzene rings is 1. The highest BCUT2D eigenvalue weighted by molar-refractivity contribution is 5.80. The number of nitrogens with zero attached hydrogens (tertiary/aromatic N) is 2. The van der Waals surface area contributed by atoms with Crippen molar-refractivity contribution in [2.24, 2.45) is 4.99 Å². The molecular weight excluding hydrogens is 262 g/mol. The van der Waals surface area contributed by atoms with Gasteiger partial charge in [0, 0.05) is 26.2 Å². The lowest BCUT2D eigenvalue weighted by Crippen LogP contribution is -2.39. The number of guanidine groups is 1. The first-order valence-corrected chi connectivity index (χ1v) is 7.91. The number of hydrogen-bond acceptors (Lipinski definition) is 2. The van der Waals surface area contributed by atoms with Gasteiger partial charge in [-0.05, 0) is 44.7 Å². The minimum absolute atomic E-state index is 0.790. The highest BCUT2D eigenvalue weighted by atomic mass is 16.5. The van der Waals surface area contributed by atoms with Gasteiger partial charge in [-0.3, -0.25) is 4.99 Å². The van der Waals surface area contributed by atoms with Crippen molar-refractivity contribution in [2.75, 3.05) is 33.3 Å². The lowest BCUT2D eigenvalue weighted by atomic mass is 10.1. The molecule has 0 radical (unpaired) electrons. The van der Waals surface area contributed by atoms with Crippen LogP contribution in [0.2, 0.25) is 0 Å². The topological polar surface area (TPSA) is 36.9 Å². The molecule has 4 nitrogen and oxygen atoms in total. The highest BCUT2D eigenvalue weighted by Gasteiger charge is 2.15. The summed E-state index contributed by atoms with van der Waals surface area (Å²) >= 11 is 0. The molecule has 1 fully saturated rings. The van der Waals surface area contributed by atoms with Crippen LogP contribution in [0.3, 0.4) is 0 Å². The second-order valence-electron chi connectivity index (χ2n) is 5.50. The zero-order valence-electron chi connectivity index (χ0n) is 13.5. The summed E-state index contributed by atoms with van der Waals surface area (Å²) in [5, 5.41) is 3.40. The van der Waals surface area contributed by atoms with Crippen LogP contribution in [0.4, 0.5) is 0 Å². The molecule has 1 N–H and O–H groups in total. The molecule has 0 spiro atoms. The van der Waals surface area contributed by atoms with Crippen molar-refractivity contribution in [3.05, 3.63) is 29.3 Å². The number of methoxy groups -OCH3 is 1. The Morgan fingerprint density at radius 2 is 2.10 bits per heavy atom. The van der Waals surface area contributed by atoms with Crippen molar-refractivity contribution in [3.8, 4) is 5.75 Å². The van der Waals surface area contributed by atoms with Gasteiger partial charge in [-0.25, -0.2) is 0 Å². The number of aryl methyl sites for hydroxylation is 1. The first kappa shape index (κ1) is 15.7. The van der Waals surface area contributed by atoms with E-state index < -0.39 is 0 Å². The van der Waals surface area contributed by atoms with Gasteiger partial charge in [-0.15, -0.1) is 0 Å². The molecule has 0 aliphatic carbocycles. The van der Waals surface area contributed by atoms with Crippen molar-refractivity contribution in [3.63, 3.8) is 0 Å². The Balaban J connectivity index is 2.00. The third-order valence-corrected chi connectivity index (χ3v) is 3.82. The van der Waals surface area contributed by atoms with E-state index in [0.717, 1.165) is 44.3 Å². The number of rotatable bonds is 5. The first-order valence-electron chi connectivity index (χ1n) is 7.91. The van der Waals surface area contributed by atoms with Crippen LogP contribution >= 0.6 is 0 Å². The van der Waals surface area contributed by atoms with Crippen LogP contribution in [0.5, 0.6) is 5.75 Å². The van der Waals surface area contributed by atoms with Gasteiger partial charge in [-0.2, -0.15) is 0 Å². The van der Waals surface area contributed by atoms with Crippen molar-refractivity contribution in [1.82, 2.24) is 10.2 Å². The van der Waals surface area contributed by atoms with E-state index in [1.54, 1.807) is 7.11 Å². The van der Waals surface area contributed by atoms with Crippen LogP contribution in [-0.4, -0.2) is 44.1 Å². The minimum Gasteiger partial charge on any atom is -0.496 e. The molecule has 0 aromatic heterocycles. The number of hydrogen-bond donors (Lipinski definition) is 1. The second-order valence-corrected chi connectivity index (χ2v) is 5.50. The van der Waals surface area contributed by atoms with Crippen LogP contribution in [0.1, 0.15) is 30.9 Å². The second kappa shape index (κ2) is 7.91. The number of nitrogens with one attached hydrogen (secondary N) is 1. The Morgan fingerprint density at radius 3 is 2.76 bits per heavy atom. The van der Waals surface area contributed by atoms with Crippen molar-refractivity contribution >= 4 is 5.96 Å². The fraction of sp³-hybridized carbons (Fsp3) is 0.588. The van der Waals surface area contributed by atoms with Crippen LogP contribution in [0, 0.1) is 6.92 Å². The zero-order chi connectivity index (χ0) is 15.1. The van der Waals surface area contributed by atoms with Crippen LogP contribution in [0.25, 0.3) is 0 Å². The van der Waals surface area contributed by atoms with E-state index in [0.29, 0.717) is 0 Å². The maximum Gasteiger partial charge on any atom is 0.193 e. The van der Waals surface area contributed by atoms with Gasteiger partial charge < -0.3 is 15.0 Å². The summed E-state index contributed by atoms with van der Waals surface area (Å²) in [6, 6.07) is 6.32. The summed E-state index contributed by atoms with van der Waals surface area (Å²) in [7, 11) is 1.73. The Hall–Kier alpha value is -1.71. The predicted octanol–water partition coefficient (Wildman–Crippen LogP) is 2.61. The van der Waals surface area contributed by atoms with Crippen molar-refractivity contribution in [2.45, 2.75) is 33.1 Å². The monoisotopic (exact) mass is 289 g/mol. The van der Waals surface area contributed by atoms with Gasteiger partial charge in [0.15, 0.2) is 5.96 Å². The smallest absolute Gasteiger partial charge is 0.193 e. The molecule has 4 heteroatoms. The third kappa shape index (κ3) is 4.38. The molecule has 0 unspecified atom stereocenters. The molecule has 0 amide bonds. The van der Waals surface area contributed by atoms with Gasteiger partial charge in [-0.1, -0.05) is 17.7 Å². The van der Waals surface area contributed by atoms with E-state index >= 15 is 0 Å². The molecule has 1 saturated heterocycles. The summed E-state index contributed by atoms with van der Waals surface area (Å²) in [5.74, 6) is 2.02. The number of likely N-dealkylation sites (tertiary alicyclic amines) is 1. The Labute approximate surface area is 128 Å². The summed E-state index contributed by atoms with van der Waals surface area (Å²) in [4.78, 5) is 7.13. The lowest BCUT2D eigenvalue weighted by Gasteiger charge is -2.20. The summed E-state index contributed by atoms with van der Waals surface area (Å²) < 4.78 is 5.43. The molecule has 1 aliphatic heterocycles. The fourth-order valence-electron chi connectivity index (χ4n) is 2.74. The SMILES string of the molecule is CCNC(=NCCc1cc(C)ccc1OC)N1CCCC1. The normalized spacial score (nSPS) is 15.4. The summed E-state index contributed by atoms with van der Waals surface area (Å²) in [5.41, 5.74) is 2.50. The standard InChI is InChI=1S/C17H27N3O/c1-4-18-17(20-11-5-6-12-20)19-10-9-15-13-14(2)7-8-16(15)21-3/h7-8,13H,4-6,9-12H2,1-3H3,(H,18,19). The van der Waals surface area contributed by atoms with Gasteiger partial charge in [0.2, 0.25) is 0 Å². The molecule has 1 aromatic carbocycles. The highest BCUT2D eigenvalue weighted by Crippen LogP contribution is 2.20. The molecule has 1 aromatic rings. The van der Waals surface area contributed by atoms with Gasteiger partial charge in [0.1, 0.15) is 5.75 Å². The summed E-state index contributed by atoms with van der Waals surface area (Å²) in [6.07, 6.45) is 3.46. The number of aliphatic imine (C=N–C) groups is 1. The van der Waals surface area contributed by atoms with Gasteiger partial charge in [0.25, 0.3) is 0 Å². The molecule has 0 saturated carbocycles. The van der Waals surface area contributed by atoms with Gasteiger partial charge >= 0.3 is 0 Å². The molecule has 1 heterocycles. The van der Waals surface area contributed by atoms with E-state index in [2.05, 4.69) is 36.2 Å². The lowest BCUT2D eigenvalue weighted by molar-refractivity contribution is 0.409. The quantitative estimate of drug-likeness (QED) is 0.669. The van der Waals surface area contributed by atoms with E-state index in [9.17, 15) is 0 Å². The van der Waals surface area contributed by atoms with E-state index in [1.165, 1.54) is 24.0 Å². The van der Waals surface area contributed by atoms with E-state index in [-0.39, 0.29) is 0 Å². The van der Waals surface area contributed by atoms with Gasteiger partial charge in [0.05, 0.1) is 7.11 Å². The molecule has 0 atom stereocenters. The van der Waals surface area contributed by atoms with Crippen LogP contribution in [-0.2, 0) is 6.42 Å². The minimum atomic E-state index is 0.790. The fourth-order valence-corrected chi connectivity index (χ4v) is 2.74. The van der Waals surface area contributed by atoms with Crippen molar-refractivity contribution < 1.29 is 4.74 Å².